The van der Waals surface area contributed by atoms with Crippen molar-refractivity contribution in [2.75, 3.05) is 0 Å². The van der Waals surface area contributed by atoms with Crippen LogP contribution in [0.1, 0.15) is 16.7 Å². The fourth-order valence-electron chi connectivity index (χ4n) is 1.32. The molecule has 0 aliphatic heterocycles. The van der Waals surface area contributed by atoms with E-state index in [0.29, 0.717) is 0 Å². The Morgan fingerprint density at radius 3 is 2.53 bits per heavy atom. The van der Waals surface area contributed by atoms with Crippen LogP contribution in [0.5, 0.6) is 0 Å². The minimum atomic E-state index is -3.32. The number of alkyl halides is 3. The summed E-state index contributed by atoms with van der Waals surface area (Å²) >= 11 is 4.89. The van der Waals surface area contributed by atoms with Crippen molar-refractivity contribution in [2.24, 2.45) is 0 Å². The van der Waals surface area contributed by atoms with E-state index in [4.69, 9.17) is 11.6 Å². The van der Waals surface area contributed by atoms with Gasteiger partial charge in [-0.2, -0.15) is 8.78 Å². The second kappa shape index (κ2) is 4.31. The van der Waals surface area contributed by atoms with Crippen molar-refractivity contribution in [3.8, 4) is 0 Å². The first kappa shape index (κ1) is 12.2. The topological polar surface area (TPSA) is 0 Å². The maximum atomic E-state index is 12.7. The van der Waals surface area contributed by atoms with E-state index in [1.54, 1.807) is 0 Å². The van der Waals surface area contributed by atoms with Crippen LogP contribution in [-0.2, 0) is 6.42 Å². The molecule has 1 rings (SSSR count). The Kier molecular flexibility index (Phi) is 3.50. The summed E-state index contributed by atoms with van der Waals surface area (Å²) in [5.74, 6) is 0. The molecule has 15 heavy (non-hydrogen) atoms. The molecule has 3 heteroatoms. The average molecular weight is 231 g/mol. The van der Waals surface area contributed by atoms with E-state index < -0.39 is 5.38 Å². The van der Waals surface area contributed by atoms with Gasteiger partial charge in [0, 0.05) is 12.0 Å². The van der Waals surface area contributed by atoms with Gasteiger partial charge in [-0.25, -0.2) is 0 Å². The van der Waals surface area contributed by atoms with Crippen LogP contribution in [0, 0.1) is 13.8 Å². The van der Waals surface area contributed by atoms with Gasteiger partial charge in [-0.3, -0.25) is 0 Å². The van der Waals surface area contributed by atoms with Crippen molar-refractivity contribution in [3.63, 3.8) is 0 Å². The highest BCUT2D eigenvalue weighted by Crippen LogP contribution is 2.30. The molecule has 0 atom stereocenters. The van der Waals surface area contributed by atoms with Crippen molar-refractivity contribution in [2.45, 2.75) is 25.7 Å². The lowest BCUT2D eigenvalue weighted by molar-refractivity contribution is 0.136. The molecular weight excluding hydrogens is 218 g/mol. The third kappa shape index (κ3) is 3.31. The zero-order chi connectivity index (χ0) is 11.6. The van der Waals surface area contributed by atoms with Gasteiger partial charge < -0.3 is 0 Å². The lowest BCUT2D eigenvalue weighted by Crippen LogP contribution is -2.11. The minimum absolute atomic E-state index is 0.115. The van der Waals surface area contributed by atoms with Gasteiger partial charge >= 0.3 is 5.38 Å². The quantitative estimate of drug-likeness (QED) is 0.538. The van der Waals surface area contributed by atoms with Crippen molar-refractivity contribution in [1.29, 1.82) is 0 Å². The van der Waals surface area contributed by atoms with Crippen LogP contribution in [0.25, 0.3) is 0 Å². The van der Waals surface area contributed by atoms with E-state index in [2.05, 4.69) is 6.58 Å². The highest BCUT2D eigenvalue weighted by molar-refractivity contribution is 6.23. The molecular formula is C12H13ClF2. The molecule has 0 heterocycles. The summed E-state index contributed by atoms with van der Waals surface area (Å²) in [6, 6.07) is 5.73. The van der Waals surface area contributed by atoms with E-state index in [9.17, 15) is 8.78 Å². The molecule has 1 aromatic rings. The molecule has 0 nitrogen and oxygen atoms in total. The first-order valence-electron chi connectivity index (χ1n) is 4.62. The molecule has 0 fully saturated rings. The molecule has 1 aromatic carbocycles. The molecule has 82 valence electrons. The number of aryl methyl sites for hydroxylation is 2. The van der Waals surface area contributed by atoms with E-state index in [-0.39, 0.29) is 12.0 Å². The van der Waals surface area contributed by atoms with Crippen LogP contribution in [0.3, 0.4) is 0 Å². The number of allylic oxidation sites excluding steroid dienone is 1. The second-order valence-electron chi connectivity index (χ2n) is 3.71. The first-order chi connectivity index (χ1) is 6.80. The van der Waals surface area contributed by atoms with Crippen molar-refractivity contribution < 1.29 is 8.78 Å². The van der Waals surface area contributed by atoms with Crippen LogP contribution in [0.4, 0.5) is 8.78 Å². The van der Waals surface area contributed by atoms with Crippen LogP contribution in [0.15, 0.2) is 30.4 Å². The molecule has 0 saturated carbocycles. The Balaban J connectivity index is 2.90. The summed E-state index contributed by atoms with van der Waals surface area (Å²) < 4.78 is 25.4. The first-order valence-corrected chi connectivity index (χ1v) is 4.99. The van der Waals surface area contributed by atoms with Crippen molar-refractivity contribution >= 4 is 11.6 Å². The van der Waals surface area contributed by atoms with Gasteiger partial charge in [0.25, 0.3) is 0 Å². The van der Waals surface area contributed by atoms with Crippen molar-refractivity contribution in [3.05, 3.63) is 47.0 Å². The van der Waals surface area contributed by atoms with Crippen LogP contribution in [0.2, 0.25) is 0 Å². The second-order valence-corrected chi connectivity index (χ2v) is 4.18. The van der Waals surface area contributed by atoms with Gasteiger partial charge in [0.15, 0.2) is 0 Å². The smallest absolute Gasteiger partial charge is 0.184 e. The third-order valence-electron chi connectivity index (χ3n) is 2.31. The van der Waals surface area contributed by atoms with Gasteiger partial charge in [0.1, 0.15) is 0 Å². The average Bonchev–Trinajstić information content (AvgIpc) is 2.09. The zero-order valence-corrected chi connectivity index (χ0v) is 9.54. The van der Waals surface area contributed by atoms with Gasteiger partial charge in [0.2, 0.25) is 0 Å². The van der Waals surface area contributed by atoms with Gasteiger partial charge in [0.05, 0.1) is 0 Å². The number of halogens is 3. The highest BCUT2D eigenvalue weighted by Gasteiger charge is 2.29. The molecule has 0 unspecified atom stereocenters. The number of benzene rings is 1. The zero-order valence-electron chi connectivity index (χ0n) is 8.78. The summed E-state index contributed by atoms with van der Waals surface area (Å²) in [5.41, 5.74) is 2.60. The Labute approximate surface area is 93.6 Å². The van der Waals surface area contributed by atoms with Crippen molar-refractivity contribution in [1.82, 2.24) is 0 Å². The maximum absolute atomic E-state index is 12.7. The molecule has 0 saturated heterocycles. The number of hydrogen-bond donors (Lipinski definition) is 0. The van der Waals surface area contributed by atoms with Gasteiger partial charge in [-0.05, 0) is 36.6 Å². The summed E-state index contributed by atoms with van der Waals surface area (Å²) in [4.78, 5) is 0. The fraction of sp³-hybridized carbons (Fsp3) is 0.333. The monoisotopic (exact) mass is 230 g/mol. The summed E-state index contributed by atoms with van der Waals surface area (Å²) in [7, 11) is 0. The summed E-state index contributed by atoms with van der Waals surface area (Å²) in [5, 5.41) is -3.32. The molecule has 0 aromatic heterocycles. The predicted octanol–water partition coefficient (Wildman–Crippen LogP) is 4.23. The van der Waals surface area contributed by atoms with Gasteiger partial charge in [-0.1, -0.05) is 30.3 Å². The largest absolute Gasteiger partial charge is 0.344 e. The van der Waals surface area contributed by atoms with E-state index in [1.807, 2.05) is 32.0 Å². The SMILES string of the molecule is C=C(Cc1cc(C)ccc1C)C(F)(F)Cl. The lowest BCUT2D eigenvalue weighted by Gasteiger charge is -2.13. The fourth-order valence-corrected chi connectivity index (χ4v) is 1.39. The molecule has 0 spiro atoms. The molecule has 0 radical (unpaired) electrons. The molecule has 0 N–H and O–H groups in total. The standard InChI is InChI=1S/C12H13ClF2/c1-8-4-5-9(2)11(6-8)7-10(3)12(13,14)15/h4-6H,3,7H2,1-2H3. The minimum Gasteiger partial charge on any atom is -0.184 e. The summed E-state index contributed by atoms with van der Waals surface area (Å²) in [6.07, 6.45) is 0.115. The Morgan fingerprint density at radius 2 is 2.00 bits per heavy atom. The molecule has 0 bridgehead atoms. The number of rotatable bonds is 3. The van der Waals surface area contributed by atoms with E-state index >= 15 is 0 Å². The molecule has 0 amide bonds. The Hall–Kier alpha value is -0.890. The Bertz CT molecular complexity index is 378. The van der Waals surface area contributed by atoms with Gasteiger partial charge in [-0.15, -0.1) is 0 Å². The lowest BCUT2D eigenvalue weighted by atomic mass is 9.99. The number of hydrogen-bond acceptors (Lipinski definition) is 0. The van der Waals surface area contributed by atoms with E-state index in [1.165, 1.54) is 0 Å². The normalized spacial score (nSPS) is 11.5. The predicted molar refractivity (Wildman–Crippen MR) is 59.6 cm³/mol. The maximum Gasteiger partial charge on any atom is 0.344 e. The van der Waals surface area contributed by atoms with E-state index in [0.717, 1.165) is 16.7 Å². The molecule has 0 aliphatic carbocycles. The van der Waals surface area contributed by atoms with Crippen LogP contribution in [-0.4, -0.2) is 5.38 Å². The van der Waals surface area contributed by atoms with Crippen LogP contribution < -0.4 is 0 Å². The molecule has 0 aliphatic rings. The summed E-state index contributed by atoms with van der Waals surface area (Å²) in [6.45, 7) is 7.11. The highest BCUT2D eigenvalue weighted by atomic mass is 35.5. The Morgan fingerprint density at radius 1 is 1.40 bits per heavy atom. The third-order valence-corrected chi connectivity index (χ3v) is 2.58. The van der Waals surface area contributed by atoms with Crippen LogP contribution >= 0.6 is 11.6 Å².